The van der Waals surface area contributed by atoms with Crippen LogP contribution >= 0.6 is 47.0 Å². The van der Waals surface area contributed by atoms with Crippen molar-refractivity contribution in [3.05, 3.63) is 67.1 Å². The maximum absolute atomic E-state index is 6.54. The topological polar surface area (TPSA) is 64.1 Å². The summed E-state index contributed by atoms with van der Waals surface area (Å²) in [4.78, 5) is 0. The van der Waals surface area contributed by atoms with Crippen molar-refractivity contribution in [2.24, 2.45) is 0 Å². The van der Waals surface area contributed by atoms with E-state index < -0.39 is 0 Å². The van der Waals surface area contributed by atoms with E-state index in [9.17, 15) is 0 Å². The summed E-state index contributed by atoms with van der Waals surface area (Å²) in [5.41, 5.74) is 5.07. The Labute approximate surface area is 201 Å². The minimum atomic E-state index is 0.277. The second kappa shape index (κ2) is 11.1. The number of aryl methyl sites for hydroxylation is 1. The molecule has 2 N–H and O–H groups in total. The lowest BCUT2D eigenvalue weighted by molar-refractivity contribution is 0.269. The highest BCUT2D eigenvalue weighted by atomic mass is 35.5. The van der Waals surface area contributed by atoms with Gasteiger partial charge in [-0.2, -0.15) is 5.10 Å². The van der Waals surface area contributed by atoms with Crippen LogP contribution in [-0.2, 0) is 19.6 Å². The first kappa shape index (κ1) is 23.7. The Morgan fingerprint density at radius 2 is 1.81 bits per heavy atom. The standard InChI is InChI=1S/C21H23Cl3N4O2S/c1-3-5-19-26-27-21(31)28(19)25-11-14-9-17(24)20(18(10-14)29-4-2)30-12-13-6-7-15(22)16(23)8-13/h6-10,25H,3-5,11-12H2,1-2H3,(H,27,31). The summed E-state index contributed by atoms with van der Waals surface area (Å²) in [5.74, 6) is 1.89. The average Bonchev–Trinajstić information content (AvgIpc) is 3.08. The molecule has 0 aliphatic heterocycles. The molecule has 0 fully saturated rings. The third-order valence-electron chi connectivity index (χ3n) is 4.39. The summed E-state index contributed by atoms with van der Waals surface area (Å²) in [6.07, 6.45) is 1.78. The van der Waals surface area contributed by atoms with Gasteiger partial charge in [-0.1, -0.05) is 47.8 Å². The van der Waals surface area contributed by atoms with Gasteiger partial charge >= 0.3 is 0 Å². The van der Waals surface area contributed by atoms with Gasteiger partial charge < -0.3 is 14.9 Å². The fourth-order valence-electron chi connectivity index (χ4n) is 2.97. The Morgan fingerprint density at radius 3 is 2.52 bits per heavy atom. The number of halogens is 3. The van der Waals surface area contributed by atoms with Gasteiger partial charge in [0.2, 0.25) is 4.77 Å². The van der Waals surface area contributed by atoms with Crippen LogP contribution in [0, 0.1) is 4.77 Å². The number of hydrogen-bond acceptors (Lipinski definition) is 5. The highest BCUT2D eigenvalue weighted by Gasteiger charge is 2.14. The Kier molecular flexibility index (Phi) is 8.49. The van der Waals surface area contributed by atoms with Crippen molar-refractivity contribution >= 4 is 47.0 Å². The average molecular weight is 502 g/mol. The summed E-state index contributed by atoms with van der Waals surface area (Å²) in [7, 11) is 0. The molecule has 1 heterocycles. The molecule has 6 nitrogen and oxygen atoms in total. The first-order valence-corrected chi connectivity index (χ1v) is 11.4. The molecule has 3 aromatic rings. The molecule has 166 valence electrons. The number of H-pyrrole nitrogens is 1. The van der Waals surface area contributed by atoms with Gasteiger partial charge in [0.1, 0.15) is 6.61 Å². The summed E-state index contributed by atoms with van der Waals surface area (Å²) >= 11 is 23.9. The van der Waals surface area contributed by atoms with Crippen molar-refractivity contribution < 1.29 is 9.47 Å². The molecule has 0 radical (unpaired) electrons. The highest BCUT2D eigenvalue weighted by Crippen LogP contribution is 2.37. The molecule has 10 heteroatoms. The molecule has 0 unspecified atom stereocenters. The normalized spacial score (nSPS) is 10.9. The van der Waals surface area contributed by atoms with Gasteiger partial charge in [-0.3, -0.25) is 5.10 Å². The van der Waals surface area contributed by atoms with Gasteiger partial charge in [0, 0.05) is 6.42 Å². The third-order valence-corrected chi connectivity index (χ3v) is 5.69. The van der Waals surface area contributed by atoms with Gasteiger partial charge in [0.05, 0.1) is 28.2 Å². The van der Waals surface area contributed by atoms with Gasteiger partial charge in [-0.25, -0.2) is 4.68 Å². The van der Waals surface area contributed by atoms with Crippen molar-refractivity contribution in [1.29, 1.82) is 0 Å². The van der Waals surface area contributed by atoms with Gasteiger partial charge in [-0.15, -0.1) is 0 Å². The van der Waals surface area contributed by atoms with Crippen LogP contribution in [-0.4, -0.2) is 21.5 Å². The summed E-state index contributed by atoms with van der Waals surface area (Å²) < 4.78 is 14.0. The smallest absolute Gasteiger partial charge is 0.214 e. The van der Waals surface area contributed by atoms with E-state index in [1.807, 2.05) is 25.1 Å². The van der Waals surface area contributed by atoms with Crippen molar-refractivity contribution in [2.45, 2.75) is 39.8 Å². The Bertz CT molecular complexity index is 1100. The minimum Gasteiger partial charge on any atom is -0.490 e. The second-order valence-corrected chi connectivity index (χ2v) is 8.35. The van der Waals surface area contributed by atoms with Gasteiger partial charge in [0.15, 0.2) is 17.3 Å². The number of rotatable bonds is 10. The third kappa shape index (κ3) is 6.07. The molecule has 0 amide bonds. The van der Waals surface area contributed by atoms with Crippen LogP contribution in [0.3, 0.4) is 0 Å². The van der Waals surface area contributed by atoms with E-state index in [1.165, 1.54) is 0 Å². The number of hydrogen-bond donors (Lipinski definition) is 2. The second-order valence-electron chi connectivity index (χ2n) is 6.74. The zero-order valence-corrected chi connectivity index (χ0v) is 20.3. The molecule has 0 bridgehead atoms. The number of nitrogens with zero attached hydrogens (tertiary/aromatic N) is 2. The number of nitrogens with one attached hydrogen (secondary N) is 2. The monoisotopic (exact) mass is 500 g/mol. The van der Waals surface area contributed by atoms with E-state index in [-0.39, 0.29) is 6.61 Å². The lowest BCUT2D eigenvalue weighted by atomic mass is 10.2. The Morgan fingerprint density at radius 1 is 1.03 bits per heavy atom. The van der Waals surface area contributed by atoms with E-state index in [0.29, 0.717) is 44.5 Å². The molecular weight excluding hydrogens is 479 g/mol. The maximum atomic E-state index is 6.54. The first-order valence-electron chi connectivity index (χ1n) is 9.85. The van der Waals surface area contributed by atoms with Crippen LogP contribution < -0.4 is 14.9 Å². The van der Waals surface area contributed by atoms with E-state index >= 15 is 0 Å². The SMILES string of the molecule is CCCc1n[nH]c(=S)n1NCc1cc(Cl)c(OCc2ccc(Cl)c(Cl)c2)c(OCC)c1. The molecule has 0 atom stereocenters. The predicted molar refractivity (Wildman–Crippen MR) is 128 cm³/mol. The van der Waals surface area contributed by atoms with Crippen LogP contribution in [0.1, 0.15) is 37.2 Å². The minimum absolute atomic E-state index is 0.277. The molecule has 0 aliphatic carbocycles. The van der Waals surface area contributed by atoms with Crippen LogP contribution in [0.15, 0.2) is 30.3 Å². The highest BCUT2D eigenvalue weighted by molar-refractivity contribution is 7.71. The molecule has 0 saturated carbocycles. The fraction of sp³-hybridized carbons (Fsp3) is 0.333. The summed E-state index contributed by atoms with van der Waals surface area (Å²) in [5, 5.41) is 8.49. The lowest BCUT2D eigenvalue weighted by Gasteiger charge is -2.16. The predicted octanol–water partition coefficient (Wildman–Crippen LogP) is 6.57. The van der Waals surface area contributed by atoms with E-state index in [1.54, 1.807) is 16.8 Å². The molecule has 31 heavy (non-hydrogen) atoms. The van der Waals surface area contributed by atoms with Crippen LogP contribution in [0.2, 0.25) is 15.1 Å². The van der Waals surface area contributed by atoms with Crippen LogP contribution in [0.25, 0.3) is 0 Å². The van der Waals surface area contributed by atoms with Gasteiger partial charge in [0.25, 0.3) is 0 Å². The van der Waals surface area contributed by atoms with Crippen molar-refractivity contribution in [1.82, 2.24) is 14.9 Å². The van der Waals surface area contributed by atoms with E-state index in [0.717, 1.165) is 29.8 Å². The molecule has 3 rings (SSSR count). The van der Waals surface area contributed by atoms with Crippen LogP contribution in [0.4, 0.5) is 0 Å². The zero-order valence-electron chi connectivity index (χ0n) is 17.2. The lowest BCUT2D eigenvalue weighted by Crippen LogP contribution is -2.17. The molecule has 1 aromatic heterocycles. The van der Waals surface area contributed by atoms with E-state index in [2.05, 4.69) is 22.5 Å². The summed E-state index contributed by atoms with van der Waals surface area (Å²) in [6, 6.07) is 9.08. The number of aromatic amines is 1. The molecule has 0 spiro atoms. The van der Waals surface area contributed by atoms with Crippen molar-refractivity contribution in [3.8, 4) is 11.5 Å². The first-order chi connectivity index (χ1) is 14.9. The molecule has 0 aliphatic rings. The molecule has 0 saturated heterocycles. The fourth-order valence-corrected chi connectivity index (χ4v) is 3.79. The van der Waals surface area contributed by atoms with Gasteiger partial charge in [-0.05, 0) is 61.0 Å². The Hall–Kier alpha value is -1.93. The maximum Gasteiger partial charge on any atom is 0.214 e. The molecular formula is C21H23Cl3N4O2S. The van der Waals surface area contributed by atoms with Crippen molar-refractivity contribution in [3.63, 3.8) is 0 Å². The molecule has 2 aromatic carbocycles. The van der Waals surface area contributed by atoms with Crippen LogP contribution in [0.5, 0.6) is 11.5 Å². The Balaban J connectivity index is 1.77. The van der Waals surface area contributed by atoms with Crippen molar-refractivity contribution in [2.75, 3.05) is 12.0 Å². The quantitative estimate of drug-likeness (QED) is 0.307. The number of ether oxygens (including phenoxy) is 2. The largest absolute Gasteiger partial charge is 0.490 e. The number of benzene rings is 2. The number of aromatic nitrogens is 3. The van der Waals surface area contributed by atoms with E-state index in [4.69, 9.17) is 56.5 Å². The zero-order chi connectivity index (χ0) is 22.4. The summed E-state index contributed by atoms with van der Waals surface area (Å²) in [6.45, 7) is 5.23.